The van der Waals surface area contributed by atoms with Gasteiger partial charge in [0.05, 0.1) is 6.42 Å². The van der Waals surface area contributed by atoms with Crippen molar-refractivity contribution in [1.29, 1.82) is 0 Å². The molecule has 0 unspecified atom stereocenters. The van der Waals surface area contributed by atoms with E-state index in [0.29, 0.717) is 31.2 Å². The van der Waals surface area contributed by atoms with Crippen molar-refractivity contribution in [3.8, 4) is 11.5 Å². The number of ether oxygens (including phenoxy) is 2. The Morgan fingerprint density at radius 1 is 0.923 bits per heavy atom. The monoisotopic (exact) mass is 358 g/mol. The fraction of sp³-hybridized carbons (Fsp3) is 0.600. The van der Waals surface area contributed by atoms with Crippen molar-refractivity contribution in [2.45, 2.75) is 38.5 Å². The predicted octanol–water partition coefficient (Wildman–Crippen LogP) is 2.21. The molecule has 1 saturated heterocycles. The summed E-state index contributed by atoms with van der Waals surface area (Å²) < 4.78 is 10.7. The van der Waals surface area contributed by atoms with Crippen LogP contribution in [0.4, 0.5) is 0 Å². The van der Waals surface area contributed by atoms with E-state index in [-0.39, 0.29) is 18.6 Å². The lowest BCUT2D eigenvalue weighted by Crippen LogP contribution is -2.39. The van der Waals surface area contributed by atoms with Gasteiger partial charge in [0, 0.05) is 32.1 Å². The van der Waals surface area contributed by atoms with E-state index in [1.165, 1.54) is 12.8 Å². The van der Waals surface area contributed by atoms with Crippen LogP contribution in [-0.4, -0.2) is 54.6 Å². The highest BCUT2D eigenvalue weighted by Crippen LogP contribution is 2.32. The van der Waals surface area contributed by atoms with Crippen molar-refractivity contribution in [3.63, 3.8) is 0 Å². The Morgan fingerprint density at radius 2 is 1.65 bits per heavy atom. The van der Waals surface area contributed by atoms with E-state index in [0.717, 1.165) is 43.7 Å². The molecular formula is C20H26N2O4. The number of hydrogen-bond donors (Lipinski definition) is 0. The van der Waals surface area contributed by atoms with E-state index in [1.807, 2.05) is 28.0 Å². The summed E-state index contributed by atoms with van der Waals surface area (Å²) in [5.74, 6) is 2.06. The standard InChI is InChI=1S/C20H26N2O4/c23-19(13-15-6-7-17-18(12-15)26-14-25-17)21-8-3-9-22(11-10-21)20(24)16-4-1-2-5-16/h6-7,12,16H,1-5,8-11,13-14H2. The van der Waals surface area contributed by atoms with Crippen molar-refractivity contribution in [2.24, 2.45) is 5.92 Å². The molecule has 0 spiro atoms. The lowest BCUT2D eigenvalue weighted by atomic mass is 10.1. The van der Waals surface area contributed by atoms with E-state index in [2.05, 4.69) is 0 Å². The van der Waals surface area contributed by atoms with Gasteiger partial charge in [0.25, 0.3) is 0 Å². The third kappa shape index (κ3) is 3.64. The Labute approximate surface area is 154 Å². The van der Waals surface area contributed by atoms with Gasteiger partial charge in [0.1, 0.15) is 0 Å². The van der Waals surface area contributed by atoms with Crippen molar-refractivity contribution in [2.75, 3.05) is 33.0 Å². The zero-order chi connectivity index (χ0) is 17.9. The van der Waals surface area contributed by atoms with E-state index in [4.69, 9.17) is 9.47 Å². The molecule has 1 aromatic rings. The number of benzene rings is 1. The van der Waals surface area contributed by atoms with Crippen LogP contribution in [0.2, 0.25) is 0 Å². The molecule has 3 aliphatic rings. The van der Waals surface area contributed by atoms with Crippen LogP contribution in [0.25, 0.3) is 0 Å². The molecule has 140 valence electrons. The molecular weight excluding hydrogens is 332 g/mol. The first-order valence-electron chi connectivity index (χ1n) is 9.66. The SMILES string of the molecule is O=C(Cc1ccc2c(c1)OCO2)N1CCCN(C(=O)C2CCCC2)CC1. The molecule has 1 saturated carbocycles. The first-order chi connectivity index (χ1) is 12.7. The summed E-state index contributed by atoms with van der Waals surface area (Å²) >= 11 is 0. The molecule has 0 aromatic heterocycles. The Balaban J connectivity index is 1.33. The second kappa shape index (κ2) is 7.56. The fourth-order valence-electron chi connectivity index (χ4n) is 4.16. The van der Waals surface area contributed by atoms with Gasteiger partial charge in [-0.3, -0.25) is 9.59 Å². The molecule has 4 rings (SSSR count). The van der Waals surface area contributed by atoms with Crippen LogP contribution in [0, 0.1) is 5.92 Å². The molecule has 2 heterocycles. The van der Waals surface area contributed by atoms with Gasteiger partial charge < -0.3 is 19.3 Å². The molecule has 0 bridgehead atoms. The Hall–Kier alpha value is -2.24. The summed E-state index contributed by atoms with van der Waals surface area (Å²) in [6.45, 7) is 3.01. The first kappa shape index (κ1) is 17.2. The number of rotatable bonds is 3. The van der Waals surface area contributed by atoms with Crippen LogP contribution >= 0.6 is 0 Å². The third-order valence-corrected chi connectivity index (χ3v) is 5.66. The molecule has 26 heavy (non-hydrogen) atoms. The van der Waals surface area contributed by atoms with Crippen LogP contribution in [0.5, 0.6) is 11.5 Å². The number of fused-ring (bicyclic) bond motifs is 1. The Bertz CT molecular complexity index is 684. The maximum absolute atomic E-state index is 12.7. The van der Waals surface area contributed by atoms with Gasteiger partial charge in [0.15, 0.2) is 11.5 Å². The smallest absolute Gasteiger partial charge is 0.231 e. The minimum atomic E-state index is 0.110. The largest absolute Gasteiger partial charge is 0.454 e. The predicted molar refractivity (Wildman–Crippen MR) is 96.0 cm³/mol. The quantitative estimate of drug-likeness (QED) is 0.831. The molecule has 1 aliphatic carbocycles. The Morgan fingerprint density at radius 3 is 2.50 bits per heavy atom. The molecule has 0 N–H and O–H groups in total. The summed E-state index contributed by atoms with van der Waals surface area (Å²) in [6.07, 6.45) is 5.61. The maximum atomic E-state index is 12.7. The van der Waals surface area contributed by atoms with Gasteiger partial charge in [-0.05, 0) is 37.0 Å². The number of carbonyl (C=O) groups is 2. The van der Waals surface area contributed by atoms with Gasteiger partial charge in [-0.25, -0.2) is 0 Å². The fourth-order valence-corrected chi connectivity index (χ4v) is 4.16. The van der Waals surface area contributed by atoms with E-state index >= 15 is 0 Å². The van der Waals surface area contributed by atoms with Gasteiger partial charge in [-0.1, -0.05) is 18.9 Å². The molecule has 6 nitrogen and oxygen atoms in total. The lowest BCUT2D eigenvalue weighted by molar-refractivity contribution is -0.136. The molecule has 2 amide bonds. The van der Waals surface area contributed by atoms with E-state index in [9.17, 15) is 9.59 Å². The summed E-state index contributed by atoms with van der Waals surface area (Å²) in [6, 6.07) is 5.66. The van der Waals surface area contributed by atoms with Gasteiger partial charge in [-0.2, -0.15) is 0 Å². The number of hydrogen-bond acceptors (Lipinski definition) is 4. The second-order valence-electron chi connectivity index (χ2n) is 7.41. The zero-order valence-electron chi connectivity index (χ0n) is 15.1. The average molecular weight is 358 g/mol. The van der Waals surface area contributed by atoms with Crippen LogP contribution in [0.3, 0.4) is 0 Å². The minimum absolute atomic E-state index is 0.110. The summed E-state index contributed by atoms with van der Waals surface area (Å²) in [4.78, 5) is 29.2. The molecule has 2 aliphatic heterocycles. The van der Waals surface area contributed by atoms with Gasteiger partial charge in [-0.15, -0.1) is 0 Å². The first-order valence-corrected chi connectivity index (χ1v) is 9.66. The maximum Gasteiger partial charge on any atom is 0.231 e. The van der Waals surface area contributed by atoms with Crippen molar-refractivity contribution in [1.82, 2.24) is 9.80 Å². The molecule has 2 fully saturated rings. The van der Waals surface area contributed by atoms with Crippen LogP contribution in [0.15, 0.2) is 18.2 Å². The number of nitrogens with zero attached hydrogens (tertiary/aromatic N) is 2. The van der Waals surface area contributed by atoms with Crippen molar-refractivity contribution >= 4 is 11.8 Å². The van der Waals surface area contributed by atoms with E-state index in [1.54, 1.807) is 0 Å². The molecule has 0 atom stereocenters. The summed E-state index contributed by atoms with van der Waals surface area (Å²) in [5.41, 5.74) is 0.933. The normalized spacial score (nSPS) is 20.3. The molecule has 6 heteroatoms. The van der Waals surface area contributed by atoms with Crippen molar-refractivity contribution in [3.05, 3.63) is 23.8 Å². The number of carbonyl (C=O) groups excluding carboxylic acids is 2. The molecule has 0 radical (unpaired) electrons. The highest BCUT2D eigenvalue weighted by atomic mass is 16.7. The van der Waals surface area contributed by atoms with Crippen LogP contribution < -0.4 is 9.47 Å². The molecule has 1 aromatic carbocycles. The minimum Gasteiger partial charge on any atom is -0.454 e. The van der Waals surface area contributed by atoms with Crippen LogP contribution in [0.1, 0.15) is 37.7 Å². The third-order valence-electron chi connectivity index (χ3n) is 5.66. The Kier molecular flexibility index (Phi) is 5.00. The number of amides is 2. The van der Waals surface area contributed by atoms with Crippen LogP contribution in [-0.2, 0) is 16.0 Å². The van der Waals surface area contributed by atoms with Gasteiger partial charge in [0.2, 0.25) is 18.6 Å². The zero-order valence-corrected chi connectivity index (χ0v) is 15.1. The van der Waals surface area contributed by atoms with Crippen molar-refractivity contribution < 1.29 is 19.1 Å². The summed E-state index contributed by atoms with van der Waals surface area (Å²) in [7, 11) is 0. The average Bonchev–Trinajstić information content (AvgIpc) is 3.28. The highest BCUT2D eigenvalue weighted by Gasteiger charge is 2.29. The lowest BCUT2D eigenvalue weighted by Gasteiger charge is -2.24. The van der Waals surface area contributed by atoms with E-state index < -0.39 is 0 Å². The van der Waals surface area contributed by atoms with Gasteiger partial charge >= 0.3 is 0 Å². The topological polar surface area (TPSA) is 59.1 Å². The second-order valence-corrected chi connectivity index (χ2v) is 7.41. The summed E-state index contributed by atoms with van der Waals surface area (Å²) in [5, 5.41) is 0. The highest BCUT2D eigenvalue weighted by molar-refractivity contribution is 5.80.